The van der Waals surface area contributed by atoms with Crippen LogP contribution in [0.3, 0.4) is 0 Å². The molecule has 0 aliphatic rings. The van der Waals surface area contributed by atoms with E-state index in [2.05, 4.69) is 13.2 Å². The van der Waals surface area contributed by atoms with E-state index in [0.717, 1.165) is 12.1 Å². The van der Waals surface area contributed by atoms with Crippen molar-refractivity contribution < 1.29 is 13.0 Å². The first kappa shape index (κ1) is 11.9. The van der Waals surface area contributed by atoms with Crippen molar-refractivity contribution in [2.75, 3.05) is 0 Å². The summed E-state index contributed by atoms with van der Waals surface area (Å²) in [7, 11) is -3.23. The van der Waals surface area contributed by atoms with Crippen LogP contribution in [0.2, 0.25) is 12.1 Å². The monoisotopic (exact) mass is 221 g/mol. The predicted octanol–water partition coefficient (Wildman–Crippen LogP) is 1.05. The Balaban J connectivity index is 3.21. The molecule has 0 fully saturated rings. The van der Waals surface area contributed by atoms with Gasteiger partial charge in [-0.2, -0.15) is 8.43 Å². The average molecular weight is 221 g/mol. The first-order valence-electron chi connectivity index (χ1n) is 3.76. The van der Waals surface area contributed by atoms with Crippen LogP contribution in [-0.4, -0.2) is 19.5 Å². The van der Waals surface area contributed by atoms with Crippen LogP contribution in [0, 0.1) is 0 Å². The van der Waals surface area contributed by atoms with Crippen LogP contribution in [0.1, 0.15) is 0 Å². The highest BCUT2D eigenvalue weighted by atomic mass is 31.1. The van der Waals surface area contributed by atoms with Gasteiger partial charge >= 0.3 is 8.25 Å². The van der Waals surface area contributed by atoms with Gasteiger partial charge in [0.1, 0.15) is 0 Å². The van der Waals surface area contributed by atoms with Gasteiger partial charge in [0.2, 0.25) is 19.5 Å². The lowest BCUT2D eigenvalue weighted by Crippen LogP contribution is -1.93. The molecule has 0 saturated heterocycles. The molecule has 0 amide bonds. The zero-order valence-electron chi connectivity index (χ0n) is 7.07. The molecule has 0 aromatic rings. The van der Waals surface area contributed by atoms with Crippen molar-refractivity contribution in [3.8, 4) is 0 Å². The largest absolute Gasteiger partial charge is 0.671 e. The summed E-state index contributed by atoms with van der Waals surface area (Å²) in [5.41, 5.74) is 0. The molecular weight excluding hydrogens is 207 g/mol. The first-order chi connectivity index (χ1) is 5.81. The Morgan fingerprint density at radius 2 is 1.58 bits per heavy atom. The van der Waals surface area contributed by atoms with Crippen LogP contribution in [0.15, 0.2) is 25.3 Å². The third-order valence-corrected chi connectivity index (χ3v) is 5.47. The fraction of sp³-hybridized carbons (Fsp3) is 0.333. The van der Waals surface area contributed by atoms with Gasteiger partial charge < -0.3 is 0 Å². The summed E-state index contributed by atoms with van der Waals surface area (Å²) in [5.74, 6) is 0. The maximum Gasteiger partial charge on any atom is 0.671 e. The molecule has 0 aliphatic carbocycles. The smallest absolute Gasteiger partial charge is 0.184 e. The molecule has 6 heteroatoms. The molecule has 12 heavy (non-hydrogen) atoms. The van der Waals surface area contributed by atoms with Crippen molar-refractivity contribution in [2.45, 2.75) is 12.1 Å². The topological polar surface area (TPSA) is 35.5 Å². The normalized spacial score (nSPS) is 12.8. The van der Waals surface area contributed by atoms with Crippen LogP contribution in [-0.2, 0) is 13.0 Å². The zero-order valence-corrected chi connectivity index (χ0v) is 10.8. The van der Waals surface area contributed by atoms with Crippen LogP contribution in [0.5, 0.6) is 0 Å². The summed E-state index contributed by atoms with van der Waals surface area (Å²) in [6, 6.07) is 1.68. The molecule has 0 aliphatic heterocycles. The Morgan fingerprint density at radius 1 is 1.17 bits per heavy atom. The lowest BCUT2D eigenvalue weighted by atomic mass is 10.8. The van der Waals surface area contributed by atoms with Crippen molar-refractivity contribution >= 4 is 27.8 Å². The fourth-order valence-electron chi connectivity index (χ4n) is 0.458. The summed E-state index contributed by atoms with van der Waals surface area (Å²) < 4.78 is 20.9. The summed E-state index contributed by atoms with van der Waals surface area (Å²) in [5, 5.41) is 0. The second-order valence-electron chi connectivity index (χ2n) is 2.04. The van der Waals surface area contributed by atoms with Crippen LogP contribution in [0.25, 0.3) is 0 Å². The Kier molecular flexibility index (Phi) is 8.98. The summed E-state index contributed by atoms with van der Waals surface area (Å²) >= 11 is 0. The fourth-order valence-corrected chi connectivity index (χ4v) is 3.80. The lowest BCUT2D eigenvalue weighted by Gasteiger charge is -1.86. The van der Waals surface area contributed by atoms with Crippen LogP contribution in [0.4, 0.5) is 0 Å². The number of allylic oxidation sites excluding steroid dienone is 2. The highest BCUT2D eigenvalue weighted by molar-refractivity contribution is 7.36. The molecule has 0 N–H and O–H groups in total. The third-order valence-electron chi connectivity index (χ3n) is 1.04. The number of hydrogen-bond acceptors (Lipinski definition) is 3. The van der Waals surface area contributed by atoms with E-state index in [1.54, 1.807) is 12.2 Å². The Bertz CT molecular complexity index is 147. The van der Waals surface area contributed by atoms with Gasteiger partial charge in [-0.1, -0.05) is 12.2 Å². The Labute approximate surface area is 78.7 Å². The van der Waals surface area contributed by atoms with E-state index < -0.39 is 27.8 Å². The van der Waals surface area contributed by atoms with Crippen molar-refractivity contribution in [1.82, 2.24) is 0 Å². The van der Waals surface area contributed by atoms with Gasteiger partial charge in [0, 0.05) is 4.57 Å². The molecule has 0 radical (unpaired) electrons. The molecule has 0 bridgehead atoms. The van der Waals surface area contributed by atoms with E-state index >= 15 is 0 Å². The molecule has 0 unspecified atom stereocenters. The van der Waals surface area contributed by atoms with Crippen LogP contribution >= 0.6 is 8.25 Å². The predicted molar refractivity (Wildman–Crippen MR) is 56.9 cm³/mol. The molecule has 0 aromatic heterocycles. The average Bonchev–Trinajstić information content (AvgIpc) is 2.06. The van der Waals surface area contributed by atoms with Crippen molar-refractivity contribution in [2.24, 2.45) is 0 Å². The van der Waals surface area contributed by atoms with Gasteiger partial charge in [-0.05, 0) is 12.1 Å². The molecule has 3 nitrogen and oxygen atoms in total. The molecule has 0 heterocycles. The van der Waals surface area contributed by atoms with E-state index in [1.165, 1.54) is 0 Å². The number of hydrogen-bond donors (Lipinski definition) is 0. The second-order valence-corrected chi connectivity index (χ2v) is 6.53. The maximum atomic E-state index is 10.9. The van der Waals surface area contributed by atoms with Crippen LogP contribution < -0.4 is 0 Å². The van der Waals surface area contributed by atoms with Gasteiger partial charge in [-0.25, -0.2) is 0 Å². The highest BCUT2D eigenvalue weighted by Crippen LogP contribution is 2.22. The molecular formula is C6H14O3PSi2+. The van der Waals surface area contributed by atoms with E-state index in [1.807, 2.05) is 0 Å². The molecule has 0 spiro atoms. The van der Waals surface area contributed by atoms with Crippen molar-refractivity contribution in [3.05, 3.63) is 25.3 Å². The number of rotatable bonds is 8. The summed E-state index contributed by atoms with van der Waals surface area (Å²) in [6.45, 7) is 7.09. The SMILES string of the molecule is C=CC[SiH2]O[P+](=O)O[SiH2]CC=C. The van der Waals surface area contributed by atoms with E-state index in [-0.39, 0.29) is 0 Å². The third kappa shape index (κ3) is 8.03. The van der Waals surface area contributed by atoms with E-state index in [4.69, 9.17) is 8.43 Å². The summed E-state index contributed by atoms with van der Waals surface area (Å²) in [4.78, 5) is 0. The lowest BCUT2D eigenvalue weighted by molar-refractivity contribution is 0.435. The van der Waals surface area contributed by atoms with Crippen molar-refractivity contribution in [1.29, 1.82) is 0 Å². The Hall–Kier alpha value is -0.0662. The molecule has 68 valence electrons. The molecule has 0 aromatic carbocycles. The molecule has 0 saturated carbocycles. The zero-order chi connectivity index (χ0) is 9.23. The van der Waals surface area contributed by atoms with Crippen molar-refractivity contribution in [3.63, 3.8) is 0 Å². The standard InChI is InChI=1S/C6H14O3PSi2/c1-3-5-11-8-10(7)9-12-6-4-2/h3-4H,1-2,5-6,11-12H2/q+1. The maximum absolute atomic E-state index is 10.9. The molecule has 0 rings (SSSR count). The minimum absolute atomic E-state index is 0.701. The quantitative estimate of drug-likeness (QED) is 0.266. The van der Waals surface area contributed by atoms with Gasteiger partial charge in [0.05, 0.1) is 0 Å². The van der Waals surface area contributed by atoms with E-state index in [9.17, 15) is 4.57 Å². The first-order valence-corrected chi connectivity index (χ1v) is 8.01. The summed E-state index contributed by atoms with van der Waals surface area (Å²) in [6.07, 6.45) is 3.55. The minimum atomic E-state index is -1.83. The highest BCUT2D eigenvalue weighted by Gasteiger charge is 2.17. The second kappa shape index (κ2) is 9.03. The Morgan fingerprint density at radius 3 is 1.92 bits per heavy atom. The van der Waals surface area contributed by atoms with E-state index in [0.29, 0.717) is 0 Å². The van der Waals surface area contributed by atoms with Gasteiger partial charge in [0.15, 0.2) is 0 Å². The minimum Gasteiger partial charge on any atom is -0.184 e. The molecule has 0 atom stereocenters. The van der Waals surface area contributed by atoms with Gasteiger partial charge in [-0.15, -0.1) is 13.2 Å². The van der Waals surface area contributed by atoms with Gasteiger partial charge in [0.25, 0.3) is 0 Å². The van der Waals surface area contributed by atoms with Gasteiger partial charge in [-0.3, -0.25) is 0 Å².